The summed E-state index contributed by atoms with van der Waals surface area (Å²) in [7, 11) is 0. The molecule has 16 aromatic carbocycles. The third-order valence-corrected chi connectivity index (χ3v) is 25.9. The van der Waals surface area contributed by atoms with Crippen LogP contribution in [0.1, 0.15) is 209 Å². The second kappa shape index (κ2) is 42.3. The molecule has 125 heavy (non-hydrogen) atoms. The lowest BCUT2D eigenvalue weighted by molar-refractivity contribution is 0.664. The predicted octanol–water partition coefficient (Wildman–Crippen LogP) is 34.8. The zero-order valence-electron chi connectivity index (χ0n) is 76.0. The van der Waals surface area contributed by atoms with Crippen molar-refractivity contribution in [1.82, 2.24) is 0 Å². The summed E-state index contributed by atoms with van der Waals surface area (Å²) in [6, 6.07) is 136. The molecule has 0 amide bonds. The van der Waals surface area contributed by atoms with Crippen LogP contribution < -0.4 is 0 Å². The van der Waals surface area contributed by atoms with E-state index in [0.717, 1.165) is 38.5 Å². The van der Waals surface area contributed by atoms with Crippen molar-refractivity contribution < 1.29 is 0 Å². The Kier molecular flexibility index (Phi) is 29.6. The molecule has 0 aromatic heterocycles. The topological polar surface area (TPSA) is 0 Å². The van der Waals surface area contributed by atoms with Crippen molar-refractivity contribution in [3.05, 3.63) is 464 Å². The Morgan fingerprint density at radius 1 is 0.184 bits per heavy atom. The minimum absolute atomic E-state index is 0.0639. The number of unbranched alkanes of at least 4 members (excludes halogenated alkanes) is 6. The summed E-state index contributed by atoms with van der Waals surface area (Å²) in [5.74, 6) is 0.132. The highest BCUT2D eigenvalue weighted by molar-refractivity contribution is 5.83. The Hall–Kier alpha value is -12.5. The lowest BCUT2D eigenvalue weighted by atomic mass is 9.81. The lowest BCUT2D eigenvalue weighted by Gasteiger charge is -2.23. The van der Waals surface area contributed by atoms with Crippen molar-refractivity contribution in [1.29, 1.82) is 0 Å². The number of hydrogen-bond acceptors (Lipinski definition) is 0. The lowest BCUT2D eigenvalue weighted by Crippen LogP contribution is -2.07. The average molecular weight is 1630 g/mol. The highest BCUT2D eigenvalue weighted by Crippen LogP contribution is 2.43. The molecule has 0 saturated heterocycles. The molecule has 2 unspecified atom stereocenters. The van der Waals surface area contributed by atoms with Crippen LogP contribution in [0.2, 0.25) is 0 Å². The van der Waals surface area contributed by atoms with Gasteiger partial charge in [0.15, 0.2) is 0 Å². The van der Waals surface area contributed by atoms with E-state index < -0.39 is 0 Å². The molecule has 0 aliphatic heterocycles. The van der Waals surface area contributed by atoms with Crippen molar-refractivity contribution in [2.24, 2.45) is 0 Å². The molecular formula is C125H126. The molecule has 16 aromatic rings. The monoisotopic (exact) mass is 1630 g/mol. The van der Waals surface area contributed by atoms with Crippen molar-refractivity contribution >= 4 is 0 Å². The van der Waals surface area contributed by atoms with Crippen molar-refractivity contribution in [2.75, 3.05) is 0 Å². The Balaban J connectivity index is 0.000000273. The zero-order valence-corrected chi connectivity index (χ0v) is 76.0. The molecule has 0 spiro atoms. The fraction of sp³-hybridized carbons (Fsp3) is 0.232. The van der Waals surface area contributed by atoms with E-state index in [1.807, 2.05) is 0 Å². The molecule has 0 nitrogen and oxygen atoms in total. The van der Waals surface area contributed by atoms with Gasteiger partial charge in [-0.2, -0.15) is 0 Å². The summed E-state index contributed by atoms with van der Waals surface area (Å²) in [6.45, 7) is 24.4. The van der Waals surface area contributed by atoms with E-state index in [1.165, 1.54) is 259 Å². The van der Waals surface area contributed by atoms with Crippen LogP contribution >= 0.6 is 0 Å². The molecule has 1 aliphatic carbocycles. The first-order chi connectivity index (χ1) is 61.1. The summed E-state index contributed by atoms with van der Waals surface area (Å²) in [5, 5.41) is 0. The van der Waals surface area contributed by atoms with Gasteiger partial charge in [0.2, 0.25) is 0 Å². The molecule has 0 fully saturated rings. The summed E-state index contributed by atoms with van der Waals surface area (Å²) in [4.78, 5) is 0. The van der Waals surface area contributed by atoms with Gasteiger partial charge >= 0.3 is 0 Å². The SMILES string of the molecule is CCCCCCc1cc(-c2ccc(C(c3ccc(-c4ccc(C)cc4)cc3)c3ccc(-c4ccc(CCC)cc4)cc3)cc2C)c(CCCCCC)cc1-c1ccc(C(c2ccc(-c3ccc(C)cc3)cc2)c2ccc(-c3ccc(CCC)cc3)cc2)cc1.Cc1ccc(-c2cc(-c3ccc(C)cc3)cc(-c3ccc(C)cc3)c2)cc1.Cc1ccc2c(c1)CC2. The normalized spacial score (nSPS) is 12.0. The van der Waals surface area contributed by atoms with E-state index in [0.29, 0.717) is 0 Å². The number of benzene rings is 16. The molecule has 17 rings (SSSR count). The highest BCUT2D eigenvalue weighted by Gasteiger charge is 2.24. The first kappa shape index (κ1) is 87.4. The van der Waals surface area contributed by atoms with E-state index in [4.69, 9.17) is 0 Å². The van der Waals surface area contributed by atoms with E-state index in [9.17, 15) is 0 Å². The van der Waals surface area contributed by atoms with Crippen LogP contribution in [0.25, 0.3) is 100 Å². The van der Waals surface area contributed by atoms with Gasteiger partial charge < -0.3 is 0 Å². The van der Waals surface area contributed by atoms with Gasteiger partial charge in [0.25, 0.3) is 0 Å². The van der Waals surface area contributed by atoms with E-state index in [1.54, 1.807) is 11.1 Å². The maximum atomic E-state index is 2.62. The Morgan fingerprint density at radius 2 is 0.456 bits per heavy atom. The first-order valence-corrected chi connectivity index (χ1v) is 46.7. The summed E-state index contributed by atoms with van der Waals surface area (Å²) < 4.78 is 0. The number of rotatable bonds is 29. The Labute approximate surface area is 749 Å². The standard InChI is InChI=1S/C89H92.C27H24.C9H10/c1-8-12-14-16-20-82-62-87(85-59-58-84(60-65(85)7)89(80-52-42-73(43-53-80)69-32-24-64(6)25-33-69)81-54-44-75(45-55-81)71-36-28-67(19-11-4)29-37-71)83(21-17-15-13-9-2)61-86(82)76-46-56-79(57-47-76)88(77-48-38-72(39-49-77)68-30-22-63(5)23-31-68)78-50-40-74(41-51-78)70-34-26-66(18-10-3)27-35-70;1-19-4-10-22(11-5-19)25-16-26(23-12-6-20(2)7-13-23)18-27(17-25)24-14-8-21(3)9-15-24;1-7-2-3-8-4-5-9(8)6-7/h22-62,88-89H,8-21H2,1-7H3;4-18H,1-3H3;2-3,6H,4-5H2,1H3. The van der Waals surface area contributed by atoms with Gasteiger partial charge in [-0.15, -0.1) is 0 Å². The maximum absolute atomic E-state index is 2.62. The van der Waals surface area contributed by atoms with Gasteiger partial charge in [-0.3, -0.25) is 0 Å². The van der Waals surface area contributed by atoms with Crippen LogP contribution in [-0.4, -0.2) is 0 Å². The van der Waals surface area contributed by atoms with Crippen LogP contribution in [0, 0.1) is 48.5 Å². The second-order valence-corrected chi connectivity index (χ2v) is 35.6. The molecule has 0 N–H and O–H groups in total. The van der Waals surface area contributed by atoms with Gasteiger partial charge in [-0.05, 0) is 290 Å². The molecule has 0 heteroatoms. The Bertz CT molecular complexity index is 5990. The van der Waals surface area contributed by atoms with Crippen LogP contribution in [0.3, 0.4) is 0 Å². The van der Waals surface area contributed by atoms with E-state index >= 15 is 0 Å². The summed E-state index contributed by atoms with van der Waals surface area (Å²) in [5.41, 5.74) is 48.8. The minimum Gasteiger partial charge on any atom is -0.0654 e. The number of aryl methyl sites for hydroxylation is 13. The molecule has 626 valence electrons. The predicted molar refractivity (Wildman–Crippen MR) is 540 cm³/mol. The van der Waals surface area contributed by atoms with E-state index in [2.05, 4.69) is 434 Å². The number of fused-ring (bicyclic) bond motifs is 1. The number of hydrogen-bond donors (Lipinski definition) is 0. The smallest absolute Gasteiger partial charge is 0.0340 e. The van der Waals surface area contributed by atoms with Crippen molar-refractivity contribution in [2.45, 2.75) is 191 Å². The van der Waals surface area contributed by atoms with Crippen LogP contribution in [0.5, 0.6) is 0 Å². The van der Waals surface area contributed by atoms with Gasteiger partial charge in [0.1, 0.15) is 0 Å². The summed E-state index contributed by atoms with van der Waals surface area (Å²) in [6.07, 6.45) is 19.1. The van der Waals surface area contributed by atoms with Crippen LogP contribution in [0.4, 0.5) is 0 Å². The molecule has 0 bridgehead atoms. The Morgan fingerprint density at radius 3 is 0.752 bits per heavy atom. The first-order valence-electron chi connectivity index (χ1n) is 46.7. The molecule has 0 saturated carbocycles. The minimum atomic E-state index is 0.0639. The largest absolute Gasteiger partial charge is 0.0654 e. The third-order valence-electron chi connectivity index (χ3n) is 25.9. The van der Waals surface area contributed by atoms with Crippen molar-refractivity contribution in [3.8, 4) is 100 Å². The van der Waals surface area contributed by atoms with Gasteiger partial charge in [-0.1, -0.05) is 452 Å². The molecule has 2 atom stereocenters. The van der Waals surface area contributed by atoms with E-state index in [-0.39, 0.29) is 11.8 Å². The highest BCUT2D eigenvalue weighted by atomic mass is 14.3. The fourth-order valence-corrected chi connectivity index (χ4v) is 18.2. The second-order valence-electron chi connectivity index (χ2n) is 35.6. The third kappa shape index (κ3) is 22.4. The fourth-order valence-electron chi connectivity index (χ4n) is 18.2. The molecule has 0 radical (unpaired) electrons. The summed E-state index contributed by atoms with van der Waals surface area (Å²) >= 11 is 0. The molecular weight excluding hydrogens is 1500 g/mol. The van der Waals surface area contributed by atoms with Crippen molar-refractivity contribution in [3.63, 3.8) is 0 Å². The maximum Gasteiger partial charge on any atom is 0.0340 e. The van der Waals surface area contributed by atoms with Crippen LogP contribution in [-0.2, 0) is 38.5 Å². The van der Waals surface area contributed by atoms with Gasteiger partial charge in [0.05, 0.1) is 0 Å². The van der Waals surface area contributed by atoms with Gasteiger partial charge in [-0.25, -0.2) is 0 Å². The zero-order chi connectivity index (χ0) is 86.5. The van der Waals surface area contributed by atoms with Gasteiger partial charge in [0, 0.05) is 11.8 Å². The average Bonchev–Trinajstić information content (AvgIpc) is 0.693. The molecule has 1 aliphatic rings. The van der Waals surface area contributed by atoms with Crippen LogP contribution in [0.15, 0.2) is 358 Å². The molecule has 0 heterocycles. The quantitative estimate of drug-likeness (QED) is 0.0324.